The molecule has 26 N–H and O–H groups in total. The number of nitrogens with zero attached hydrogens (tertiary/aromatic N) is 3. The van der Waals surface area contributed by atoms with Crippen LogP contribution < -0.4 is 83.1 Å². The first-order valence-corrected chi connectivity index (χ1v) is 33.2. The Bertz CT molecular complexity index is 3600. The summed E-state index contributed by atoms with van der Waals surface area (Å²) < 4.78 is 0. The number of benzene rings is 3. The monoisotopic (exact) mass is 1330 g/mol. The number of carbonyl (C=O) groups excluding carboxylic acids is 8. The van der Waals surface area contributed by atoms with Gasteiger partial charge in [0, 0.05) is 103 Å². The zero-order valence-electron chi connectivity index (χ0n) is 54.9. The summed E-state index contributed by atoms with van der Waals surface area (Å²) in [5.74, 6) is -6.02. The number of carbonyl (C=O) groups is 8. The number of fused-ring (bicyclic) bond motifs is 3. The Hall–Kier alpha value is -10.2. The number of unbranched alkanes of at least 4 members (excludes halogenated alkanes) is 7. The Morgan fingerprint density at radius 2 is 0.740 bits per heavy atom. The van der Waals surface area contributed by atoms with Crippen molar-refractivity contribution in [3.05, 3.63) is 108 Å². The van der Waals surface area contributed by atoms with Crippen LogP contribution in [0.4, 0.5) is 0 Å². The van der Waals surface area contributed by atoms with E-state index in [2.05, 4.69) is 74.1 Å². The fourth-order valence-electron chi connectivity index (χ4n) is 11.3. The number of aliphatic imine (C=N–C) groups is 3. The minimum atomic E-state index is -1.46. The van der Waals surface area contributed by atoms with Crippen LogP contribution in [-0.2, 0) is 57.6 Å². The average Bonchev–Trinajstić information content (AvgIpc) is 1.65. The lowest BCUT2D eigenvalue weighted by Gasteiger charge is -2.28. The molecule has 0 saturated carbocycles. The van der Waals surface area contributed by atoms with Crippen molar-refractivity contribution in [2.75, 3.05) is 26.2 Å². The van der Waals surface area contributed by atoms with Crippen LogP contribution in [0, 0.1) is 0 Å². The number of aromatic nitrogens is 3. The quantitative estimate of drug-likeness (QED) is 0.0146. The molecule has 0 aliphatic carbocycles. The number of aromatic amines is 3. The first-order chi connectivity index (χ1) is 46.2. The number of nitrogens with two attached hydrogens (primary N) is 8. The van der Waals surface area contributed by atoms with E-state index >= 15 is 14.4 Å². The van der Waals surface area contributed by atoms with Gasteiger partial charge in [-0.05, 0) is 99.1 Å². The van der Waals surface area contributed by atoms with Crippen molar-refractivity contribution in [2.24, 2.45) is 60.8 Å². The Morgan fingerprint density at radius 1 is 0.396 bits per heavy atom. The normalized spacial score (nSPS) is 13.4. The van der Waals surface area contributed by atoms with Gasteiger partial charge in [0.1, 0.15) is 36.3 Å². The van der Waals surface area contributed by atoms with Crippen molar-refractivity contribution < 1.29 is 38.4 Å². The van der Waals surface area contributed by atoms with Gasteiger partial charge in [0.25, 0.3) is 0 Å². The van der Waals surface area contributed by atoms with Gasteiger partial charge in [-0.2, -0.15) is 0 Å². The van der Waals surface area contributed by atoms with Gasteiger partial charge in [0.05, 0.1) is 6.04 Å². The number of guanidine groups is 3. The smallest absolute Gasteiger partial charge is 0.243 e. The minimum Gasteiger partial charge on any atom is -0.370 e. The molecule has 6 rings (SSSR count). The van der Waals surface area contributed by atoms with E-state index in [-0.39, 0.29) is 101 Å². The van der Waals surface area contributed by atoms with E-state index in [0.717, 1.165) is 58.4 Å². The number of H-pyrrole nitrogens is 3. The first-order valence-electron chi connectivity index (χ1n) is 33.2. The van der Waals surface area contributed by atoms with E-state index in [1.807, 2.05) is 72.8 Å². The van der Waals surface area contributed by atoms with Gasteiger partial charge >= 0.3 is 0 Å². The number of hydrogen-bond donors (Lipinski definition) is 18. The van der Waals surface area contributed by atoms with Gasteiger partial charge in [0.15, 0.2) is 17.9 Å². The number of nitrogens with one attached hydrogen (secondary N) is 10. The second kappa shape index (κ2) is 39.5. The highest BCUT2D eigenvalue weighted by Gasteiger charge is 2.35. The highest BCUT2D eigenvalue weighted by atomic mass is 16.2. The van der Waals surface area contributed by atoms with Crippen LogP contribution in [0.25, 0.3) is 32.7 Å². The molecule has 520 valence electrons. The third-order valence-corrected chi connectivity index (χ3v) is 16.6. The fourth-order valence-corrected chi connectivity index (χ4v) is 11.3. The molecule has 0 bridgehead atoms. The molecule has 96 heavy (non-hydrogen) atoms. The topological polar surface area (TPSA) is 513 Å². The molecular formula is C67H99N21O8. The van der Waals surface area contributed by atoms with Crippen LogP contribution >= 0.6 is 0 Å². The minimum absolute atomic E-state index is 0.0360. The Labute approximate surface area is 558 Å². The lowest BCUT2D eigenvalue weighted by Crippen LogP contribution is -2.60. The second-order valence-corrected chi connectivity index (χ2v) is 24.1. The van der Waals surface area contributed by atoms with Crippen molar-refractivity contribution in [3.63, 3.8) is 0 Å². The number of amides is 8. The van der Waals surface area contributed by atoms with Crippen molar-refractivity contribution in [3.8, 4) is 0 Å². The number of hydrogen-bond acceptors (Lipinski definition) is 12. The summed E-state index contributed by atoms with van der Waals surface area (Å²) >= 11 is 0. The van der Waals surface area contributed by atoms with Crippen LogP contribution in [0.15, 0.2) is 106 Å². The second-order valence-electron chi connectivity index (χ2n) is 24.1. The average molecular weight is 1330 g/mol. The highest BCUT2D eigenvalue weighted by Crippen LogP contribution is 2.23. The van der Waals surface area contributed by atoms with Crippen LogP contribution in [0.3, 0.4) is 0 Å². The molecule has 7 atom stereocenters. The lowest BCUT2D eigenvalue weighted by atomic mass is 10.0. The molecule has 0 radical (unpaired) electrons. The first kappa shape index (κ1) is 74.8. The van der Waals surface area contributed by atoms with E-state index in [4.69, 9.17) is 45.9 Å². The zero-order valence-corrected chi connectivity index (χ0v) is 54.9. The highest BCUT2D eigenvalue weighted by molar-refractivity contribution is 5.99. The van der Waals surface area contributed by atoms with Crippen LogP contribution in [-0.4, -0.2) is 149 Å². The van der Waals surface area contributed by atoms with Crippen LogP contribution in [0.1, 0.15) is 133 Å². The van der Waals surface area contributed by atoms with E-state index in [0.29, 0.717) is 48.9 Å². The molecule has 3 heterocycles. The Morgan fingerprint density at radius 3 is 1.15 bits per heavy atom. The summed E-state index contributed by atoms with van der Waals surface area (Å²) in [5, 5.41) is 22.2. The van der Waals surface area contributed by atoms with Gasteiger partial charge in [0.2, 0.25) is 47.3 Å². The van der Waals surface area contributed by atoms with Crippen molar-refractivity contribution in [1.29, 1.82) is 0 Å². The van der Waals surface area contributed by atoms with Crippen molar-refractivity contribution >= 4 is 97.8 Å². The predicted molar refractivity (Wildman–Crippen MR) is 374 cm³/mol. The standard InChI is InChI=1S/C67H99N21O8/c1-2-3-4-5-6-7-8-30-57(89)76-31-16-15-27-51(58(69)90)83-62(94)55(36-42-39-81-49-25-13-10-21-45(42)49)87-60(92)53(29-19-34-79-67(74)75)85-64(96)56(37-43-40-82-50-26-14-11-22-46(43)50)88-61(93)52(28-18-33-78-66(72)73)84-63(95)54(35-41-38-80-48-24-12-9-20-44(41)48)86-59(91)47(68)23-17-32-77-65(70)71/h9-14,20-22,24-26,38-40,47,51-56,80-82H,2-8,15-19,23,27-37,68H2,1H3,(H2,69,90)(H,76,89)(H,83,94)(H,84,95)(H,85,96)(H,86,91)(H,87,92)(H,88,93)(H4,70,71,77)(H4,72,73,78)(H4,74,75,79)/t47-,51-,52-,53-,54-,55-,56-/m0/s1. The molecule has 3 aromatic heterocycles. The SMILES string of the molecule is CCCCCCCCCC(=O)NCCCC[C@H](NC(=O)[C@H](Cc1c[nH]c2ccccc12)NC(=O)[C@H](CCCN=C(N)N)NC(=O)[C@H](Cc1c[nH]c2ccccc12)NC(=O)[C@H](CCCN=C(N)N)NC(=O)[C@H](Cc1c[nH]c2ccccc12)NC(=O)[C@@H](N)CCCN=C(N)N)C(N)=O. The third kappa shape index (κ3) is 24.9. The van der Waals surface area contributed by atoms with Gasteiger partial charge < -0.3 is 98.0 Å². The molecule has 6 aromatic rings. The summed E-state index contributed by atoms with van der Waals surface area (Å²) in [4.78, 5) is 136. The van der Waals surface area contributed by atoms with E-state index in [1.165, 1.54) is 19.3 Å². The fraction of sp³-hybridized carbons (Fsp3) is 0.478. The predicted octanol–water partition coefficient (Wildman–Crippen LogP) is 1.47. The van der Waals surface area contributed by atoms with Crippen molar-refractivity contribution in [2.45, 2.75) is 178 Å². The molecule has 3 aromatic carbocycles. The lowest BCUT2D eigenvalue weighted by molar-refractivity contribution is -0.135. The van der Waals surface area contributed by atoms with E-state index in [9.17, 15) is 24.0 Å². The van der Waals surface area contributed by atoms with Gasteiger partial charge in [-0.25, -0.2) is 0 Å². The molecule has 8 amide bonds. The molecule has 29 nitrogen and oxygen atoms in total. The van der Waals surface area contributed by atoms with E-state index < -0.39 is 83.6 Å². The molecule has 0 spiro atoms. The summed E-state index contributed by atoms with van der Waals surface area (Å²) in [6.45, 7) is 2.83. The molecule has 0 saturated heterocycles. The number of rotatable bonds is 44. The maximum absolute atomic E-state index is 15.3. The zero-order chi connectivity index (χ0) is 69.4. The summed E-state index contributed by atoms with van der Waals surface area (Å²) in [6, 6.07) is 12.9. The maximum Gasteiger partial charge on any atom is 0.243 e. The molecule has 0 aliphatic heterocycles. The van der Waals surface area contributed by atoms with Crippen LogP contribution in [0.5, 0.6) is 0 Å². The van der Waals surface area contributed by atoms with Crippen LogP contribution in [0.2, 0.25) is 0 Å². The summed E-state index contributed by atoms with van der Waals surface area (Å²) in [7, 11) is 0. The molecule has 29 heteroatoms. The molecule has 0 fully saturated rings. The third-order valence-electron chi connectivity index (χ3n) is 16.6. The van der Waals surface area contributed by atoms with Gasteiger partial charge in [-0.3, -0.25) is 53.3 Å². The number of primary amides is 1. The van der Waals surface area contributed by atoms with Gasteiger partial charge in [-0.1, -0.05) is 100 Å². The van der Waals surface area contributed by atoms with Crippen molar-refractivity contribution in [1.82, 2.24) is 52.2 Å². The van der Waals surface area contributed by atoms with E-state index in [1.54, 1.807) is 18.6 Å². The number of para-hydroxylation sites is 3. The van der Waals surface area contributed by atoms with Gasteiger partial charge in [-0.15, -0.1) is 0 Å². The molecular weight excluding hydrogens is 1230 g/mol. The largest absolute Gasteiger partial charge is 0.370 e. The molecule has 0 aliphatic rings. The molecule has 0 unspecified atom stereocenters. The maximum atomic E-state index is 15.3. The summed E-state index contributed by atoms with van der Waals surface area (Å²) in [5.41, 5.74) is 50.1. The summed E-state index contributed by atoms with van der Waals surface area (Å²) in [6.07, 6.45) is 14.6. The Kier molecular flexibility index (Phi) is 30.8. The Balaban J connectivity index is 1.27.